The first-order valence-electron chi connectivity index (χ1n) is 8.01. The van der Waals surface area contributed by atoms with E-state index in [0.29, 0.717) is 5.92 Å². The molecular formula is C17H26ClN3O. The molecule has 1 aromatic rings. The molecule has 0 aliphatic carbocycles. The van der Waals surface area contributed by atoms with Gasteiger partial charge < -0.3 is 5.32 Å². The minimum atomic E-state index is -0.315. The van der Waals surface area contributed by atoms with Crippen LogP contribution in [0.4, 0.5) is 0 Å². The van der Waals surface area contributed by atoms with E-state index in [9.17, 15) is 4.79 Å². The van der Waals surface area contributed by atoms with Crippen LogP contribution in [0.3, 0.4) is 0 Å². The molecule has 0 saturated carbocycles. The summed E-state index contributed by atoms with van der Waals surface area (Å²) in [6.45, 7) is 7.04. The summed E-state index contributed by atoms with van der Waals surface area (Å²) in [5.41, 5.74) is 1.31. The van der Waals surface area contributed by atoms with Gasteiger partial charge in [-0.1, -0.05) is 44.2 Å². The second-order valence-corrected chi connectivity index (χ2v) is 6.72. The molecule has 4 nitrogen and oxygen atoms in total. The Balaban J connectivity index is 1.79. The third-order valence-electron chi connectivity index (χ3n) is 4.02. The lowest BCUT2D eigenvalue weighted by atomic mass is 10.0. The number of amides is 1. The smallest absolute Gasteiger partial charge is 0.238 e. The predicted octanol–water partition coefficient (Wildman–Crippen LogP) is 2.54. The second-order valence-electron chi connectivity index (χ2n) is 6.51. The van der Waals surface area contributed by atoms with Gasteiger partial charge in [0.25, 0.3) is 0 Å². The van der Waals surface area contributed by atoms with Crippen molar-refractivity contribution in [2.24, 2.45) is 5.92 Å². The first kappa shape index (κ1) is 17.3. The topological polar surface area (TPSA) is 44.4 Å². The number of halogens is 1. The van der Waals surface area contributed by atoms with Gasteiger partial charge in [0.05, 0.1) is 0 Å². The number of carbonyl (C=O) groups excluding carboxylic acids is 1. The Morgan fingerprint density at radius 3 is 2.73 bits per heavy atom. The monoisotopic (exact) mass is 323 g/mol. The second kappa shape index (κ2) is 8.51. The number of nitrogens with zero attached hydrogens (tertiary/aromatic N) is 1. The van der Waals surface area contributed by atoms with E-state index in [2.05, 4.69) is 53.2 Å². The van der Waals surface area contributed by atoms with Crippen molar-refractivity contribution in [1.29, 1.82) is 0 Å². The number of rotatable bonds is 7. The highest BCUT2D eigenvalue weighted by Gasteiger charge is 2.27. The van der Waals surface area contributed by atoms with Gasteiger partial charge in [0.15, 0.2) is 0 Å². The molecule has 1 aliphatic rings. The minimum absolute atomic E-state index is 0.00950. The maximum absolute atomic E-state index is 12.3. The van der Waals surface area contributed by atoms with Crippen molar-refractivity contribution in [2.75, 3.05) is 13.1 Å². The largest absolute Gasteiger partial charge is 0.351 e. The molecule has 1 amide bonds. The van der Waals surface area contributed by atoms with Gasteiger partial charge in [-0.05, 0) is 36.1 Å². The molecular weight excluding hydrogens is 298 g/mol. The zero-order chi connectivity index (χ0) is 15.9. The molecule has 1 fully saturated rings. The fourth-order valence-corrected chi connectivity index (χ4v) is 3.10. The van der Waals surface area contributed by atoms with Gasteiger partial charge in [-0.15, -0.1) is 0 Å². The van der Waals surface area contributed by atoms with Crippen LogP contribution in [0.5, 0.6) is 0 Å². The molecule has 2 atom stereocenters. The highest BCUT2D eigenvalue weighted by Crippen LogP contribution is 2.14. The van der Waals surface area contributed by atoms with Gasteiger partial charge in [0.1, 0.15) is 6.04 Å². The van der Waals surface area contributed by atoms with E-state index < -0.39 is 0 Å². The van der Waals surface area contributed by atoms with Gasteiger partial charge >= 0.3 is 0 Å². The molecule has 22 heavy (non-hydrogen) atoms. The molecule has 0 spiro atoms. The van der Waals surface area contributed by atoms with Gasteiger partial charge in [-0.3, -0.25) is 9.69 Å². The quantitative estimate of drug-likeness (QED) is 0.758. The molecule has 1 aliphatic heterocycles. The molecule has 5 heteroatoms. The lowest BCUT2D eigenvalue weighted by Crippen LogP contribution is -2.46. The number of hydrogen-bond donors (Lipinski definition) is 2. The summed E-state index contributed by atoms with van der Waals surface area (Å²) in [5, 5.41) is 3.12. The third-order valence-corrected chi connectivity index (χ3v) is 4.29. The van der Waals surface area contributed by atoms with E-state index in [1.54, 1.807) is 0 Å². The molecule has 2 rings (SSSR count). The fourth-order valence-electron chi connectivity index (χ4n) is 2.91. The van der Waals surface area contributed by atoms with Crippen LogP contribution in [0.2, 0.25) is 0 Å². The zero-order valence-electron chi connectivity index (χ0n) is 13.4. The number of nitrogens with one attached hydrogen (secondary N) is 2. The molecule has 2 unspecified atom stereocenters. The molecule has 0 bridgehead atoms. The maximum atomic E-state index is 12.3. The van der Waals surface area contributed by atoms with Gasteiger partial charge in [-0.2, -0.15) is 0 Å². The van der Waals surface area contributed by atoms with E-state index in [0.717, 1.165) is 32.5 Å². The fraction of sp³-hybridized carbons (Fsp3) is 0.588. The van der Waals surface area contributed by atoms with Crippen molar-refractivity contribution in [3.63, 3.8) is 0 Å². The Labute approximate surface area is 138 Å². The van der Waals surface area contributed by atoms with Crippen molar-refractivity contribution in [3.8, 4) is 0 Å². The third kappa shape index (κ3) is 5.27. The lowest BCUT2D eigenvalue weighted by Gasteiger charge is -2.20. The number of carbonyl (C=O) groups is 1. The standard InChI is InChI=1S/C17H26ClN3O/c1-13(2)10-16(20-18)17(22)19-15-8-9-21(12-15)11-14-6-4-3-5-7-14/h3-7,13,15-16,20H,8-12H2,1-2H3,(H,19,22). The summed E-state index contributed by atoms with van der Waals surface area (Å²) in [6, 6.07) is 10.3. The maximum Gasteiger partial charge on any atom is 0.238 e. The van der Waals surface area contributed by atoms with Crippen LogP contribution in [0.1, 0.15) is 32.3 Å². The molecule has 0 aromatic heterocycles. The highest BCUT2D eigenvalue weighted by atomic mass is 35.5. The zero-order valence-corrected chi connectivity index (χ0v) is 14.1. The predicted molar refractivity (Wildman–Crippen MR) is 90.5 cm³/mol. The van der Waals surface area contributed by atoms with E-state index in [-0.39, 0.29) is 18.0 Å². The number of benzene rings is 1. The molecule has 122 valence electrons. The van der Waals surface area contributed by atoms with Crippen LogP contribution in [0, 0.1) is 5.92 Å². The summed E-state index contributed by atoms with van der Waals surface area (Å²) in [6.07, 6.45) is 1.74. The van der Waals surface area contributed by atoms with Gasteiger partial charge in [0, 0.05) is 25.7 Å². The van der Waals surface area contributed by atoms with Crippen LogP contribution in [-0.2, 0) is 11.3 Å². The van der Waals surface area contributed by atoms with Crippen molar-refractivity contribution in [2.45, 2.75) is 45.3 Å². The minimum Gasteiger partial charge on any atom is -0.351 e. The highest BCUT2D eigenvalue weighted by molar-refractivity contribution is 6.15. The lowest BCUT2D eigenvalue weighted by molar-refractivity contribution is -0.123. The van der Waals surface area contributed by atoms with E-state index in [4.69, 9.17) is 11.8 Å². The summed E-state index contributed by atoms with van der Waals surface area (Å²) in [4.78, 5) is 17.2. The number of likely N-dealkylation sites (tertiary alicyclic amines) is 1. The Morgan fingerprint density at radius 1 is 1.36 bits per heavy atom. The van der Waals surface area contributed by atoms with Crippen molar-refractivity contribution >= 4 is 17.7 Å². The van der Waals surface area contributed by atoms with Crippen LogP contribution >= 0.6 is 11.8 Å². The van der Waals surface area contributed by atoms with Gasteiger partial charge in [-0.25, -0.2) is 4.84 Å². The van der Waals surface area contributed by atoms with Crippen molar-refractivity contribution in [3.05, 3.63) is 35.9 Å². The van der Waals surface area contributed by atoms with Crippen LogP contribution in [-0.4, -0.2) is 36.0 Å². The van der Waals surface area contributed by atoms with E-state index >= 15 is 0 Å². The Kier molecular flexibility index (Phi) is 6.68. The number of hydrogen-bond acceptors (Lipinski definition) is 3. The molecule has 1 saturated heterocycles. The molecule has 2 N–H and O–H groups in total. The average Bonchev–Trinajstić information content (AvgIpc) is 2.92. The van der Waals surface area contributed by atoms with Crippen molar-refractivity contribution < 1.29 is 4.79 Å². The average molecular weight is 324 g/mol. The molecule has 0 radical (unpaired) electrons. The summed E-state index contributed by atoms with van der Waals surface area (Å²) in [5.74, 6) is 0.440. The Bertz CT molecular complexity index is 466. The van der Waals surface area contributed by atoms with E-state index in [1.165, 1.54) is 5.56 Å². The summed E-state index contributed by atoms with van der Waals surface area (Å²) in [7, 11) is 0. The summed E-state index contributed by atoms with van der Waals surface area (Å²) >= 11 is 5.71. The first-order valence-corrected chi connectivity index (χ1v) is 8.39. The summed E-state index contributed by atoms with van der Waals surface area (Å²) < 4.78 is 0. The van der Waals surface area contributed by atoms with Crippen LogP contribution < -0.4 is 10.2 Å². The van der Waals surface area contributed by atoms with Crippen molar-refractivity contribution in [1.82, 2.24) is 15.1 Å². The normalized spacial score (nSPS) is 20.3. The molecule has 1 aromatic carbocycles. The first-order chi connectivity index (χ1) is 10.6. The van der Waals surface area contributed by atoms with Gasteiger partial charge in [0.2, 0.25) is 5.91 Å². The van der Waals surface area contributed by atoms with Crippen LogP contribution in [0.15, 0.2) is 30.3 Å². The Morgan fingerprint density at radius 2 is 2.09 bits per heavy atom. The van der Waals surface area contributed by atoms with E-state index in [1.807, 2.05) is 6.07 Å². The Hall–Kier alpha value is -1.10. The molecule has 1 heterocycles. The SMILES string of the molecule is CC(C)CC(NCl)C(=O)NC1CCN(Cc2ccccc2)C1. The van der Waals surface area contributed by atoms with Crippen LogP contribution in [0.25, 0.3) is 0 Å².